The van der Waals surface area contributed by atoms with Crippen LogP contribution in [0.15, 0.2) is 67.1 Å². The van der Waals surface area contributed by atoms with Gasteiger partial charge in [-0.3, -0.25) is 4.79 Å². The minimum absolute atomic E-state index is 0.152. The molecule has 28 heavy (non-hydrogen) atoms. The van der Waals surface area contributed by atoms with E-state index >= 15 is 0 Å². The Morgan fingerprint density at radius 2 is 1.93 bits per heavy atom. The van der Waals surface area contributed by atoms with Crippen LogP contribution in [0.4, 0.5) is 17.2 Å². The second-order valence-corrected chi connectivity index (χ2v) is 6.27. The number of nitrogens with zero attached hydrogens (tertiary/aromatic N) is 5. The number of amides is 1. The normalized spacial score (nSPS) is 10.6. The van der Waals surface area contributed by atoms with E-state index < -0.39 is 0 Å². The quantitative estimate of drug-likeness (QED) is 0.558. The predicted octanol–water partition coefficient (Wildman–Crippen LogP) is 3.81. The molecule has 0 atom stereocenters. The van der Waals surface area contributed by atoms with Crippen molar-refractivity contribution < 1.29 is 4.79 Å². The summed E-state index contributed by atoms with van der Waals surface area (Å²) in [6.45, 7) is 7.03. The van der Waals surface area contributed by atoms with Crippen molar-refractivity contribution in [1.29, 1.82) is 0 Å². The maximum Gasteiger partial charge on any atom is 0.258 e. The molecule has 7 heteroatoms. The highest BCUT2D eigenvalue weighted by Crippen LogP contribution is 2.26. The van der Waals surface area contributed by atoms with Gasteiger partial charge in [0.1, 0.15) is 5.82 Å². The molecule has 0 aliphatic rings. The van der Waals surface area contributed by atoms with Crippen molar-refractivity contribution in [3.63, 3.8) is 0 Å². The van der Waals surface area contributed by atoms with E-state index in [1.807, 2.05) is 12.1 Å². The highest BCUT2D eigenvalue weighted by Gasteiger charge is 2.16. The number of carbonyl (C=O) groups is 1. The molecule has 2 N–H and O–H groups in total. The molecule has 4 rings (SSSR count). The summed E-state index contributed by atoms with van der Waals surface area (Å²) in [6.07, 6.45) is 5.18. The molecule has 0 radical (unpaired) electrons. The summed E-state index contributed by atoms with van der Waals surface area (Å²) in [5.41, 5.74) is 9.99. The maximum absolute atomic E-state index is 13.0. The Morgan fingerprint density at radius 3 is 2.61 bits per heavy atom. The topological polar surface area (TPSA) is 80.9 Å². The van der Waals surface area contributed by atoms with Crippen LogP contribution >= 0.6 is 0 Å². The Bertz CT molecular complexity index is 1200. The summed E-state index contributed by atoms with van der Waals surface area (Å²) >= 11 is 0. The SMILES string of the molecule is [C-]#[N+]c1ccc(N(C)C(=O)c2ccn3ncc(-c4ccc(N)nc4)c3c2)cc1. The highest BCUT2D eigenvalue weighted by molar-refractivity contribution is 6.06. The number of benzene rings is 1. The van der Waals surface area contributed by atoms with E-state index in [2.05, 4.69) is 14.9 Å². The van der Waals surface area contributed by atoms with Crippen molar-refractivity contribution in [3.8, 4) is 11.1 Å². The van der Waals surface area contributed by atoms with Crippen LogP contribution in [0.2, 0.25) is 0 Å². The lowest BCUT2D eigenvalue weighted by molar-refractivity contribution is 0.0993. The van der Waals surface area contributed by atoms with Crippen molar-refractivity contribution in [2.75, 3.05) is 17.7 Å². The van der Waals surface area contributed by atoms with Crippen molar-refractivity contribution in [3.05, 3.63) is 84.1 Å². The Kier molecular flexibility index (Phi) is 4.22. The number of nitrogen functional groups attached to an aromatic ring is 1. The Labute approximate surface area is 161 Å². The molecule has 0 fully saturated rings. The molecule has 0 aliphatic heterocycles. The third-order valence-corrected chi connectivity index (χ3v) is 4.54. The lowest BCUT2D eigenvalue weighted by atomic mass is 10.1. The van der Waals surface area contributed by atoms with Crippen molar-refractivity contribution in [2.24, 2.45) is 0 Å². The average Bonchev–Trinajstić information content (AvgIpc) is 3.16. The van der Waals surface area contributed by atoms with Crippen molar-refractivity contribution in [2.45, 2.75) is 0 Å². The van der Waals surface area contributed by atoms with Crippen molar-refractivity contribution in [1.82, 2.24) is 14.6 Å². The van der Waals surface area contributed by atoms with Gasteiger partial charge in [-0.15, -0.1) is 0 Å². The van der Waals surface area contributed by atoms with E-state index in [4.69, 9.17) is 12.3 Å². The van der Waals surface area contributed by atoms with Gasteiger partial charge >= 0.3 is 0 Å². The van der Waals surface area contributed by atoms with Gasteiger partial charge in [-0.05, 0) is 36.4 Å². The van der Waals surface area contributed by atoms with Gasteiger partial charge in [0.25, 0.3) is 5.91 Å². The first-order valence-electron chi connectivity index (χ1n) is 8.52. The second kappa shape index (κ2) is 6.85. The molecule has 0 spiro atoms. The first kappa shape index (κ1) is 17.2. The summed E-state index contributed by atoms with van der Waals surface area (Å²) in [5, 5.41) is 4.34. The molecule has 3 heterocycles. The Morgan fingerprint density at radius 1 is 1.14 bits per heavy atom. The fraction of sp³-hybridized carbons (Fsp3) is 0.0476. The smallest absolute Gasteiger partial charge is 0.258 e. The number of pyridine rings is 2. The summed E-state index contributed by atoms with van der Waals surface area (Å²) in [6, 6.07) is 14.1. The van der Waals surface area contributed by atoms with Crippen LogP contribution in [-0.2, 0) is 0 Å². The third kappa shape index (κ3) is 3.04. The number of anilines is 2. The van der Waals surface area contributed by atoms with Crippen LogP contribution in [0, 0.1) is 6.57 Å². The van der Waals surface area contributed by atoms with Gasteiger partial charge in [0, 0.05) is 41.8 Å². The Hall–Kier alpha value is -4.18. The molecule has 136 valence electrons. The predicted molar refractivity (Wildman–Crippen MR) is 108 cm³/mol. The third-order valence-electron chi connectivity index (χ3n) is 4.54. The van der Waals surface area contributed by atoms with Gasteiger partial charge in [0.2, 0.25) is 0 Å². The Balaban J connectivity index is 1.70. The molecule has 0 aliphatic carbocycles. The van der Waals surface area contributed by atoms with Crippen LogP contribution in [0.3, 0.4) is 0 Å². The van der Waals surface area contributed by atoms with Crippen LogP contribution in [0.5, 0.6) is 0 Å². The molecule has 0 bridgehead atoms. The number of carbonyl (C=O) groups excluding carboxylic acids is 1. The fourth-order valence-electron chi connectivity index (χ4n) is 2.96. The van der Waals surface area contributed by atoms with E-state index in [0.29, 0.717) is 22.8 Å². The summed E-state index contributed by atoms with van der Waals surface area (Å²) in [4.78, 5) is 22.0. The first-order chi connectivity index (χ1) is 13.6. The molecule has 3 aromatic heterocycles. The van der Waals surface area contributed by atoms with E-state index in [1.165, 1.54) is 0 Å². The van der Waals surface area contributed by atoms with E-state index in [1.54, 1.807) is 71.5 Å². The molecular weight excluding hydrogens is 352 g/mol. The zero-order valence-electron chi connectivity index (χ0n) is 15.1. The number of hydrogen-bond acceptors (Lipinski definition) is 4. The number of nitrogens with two attached hydrogens (primary N) is 1. The zero-order chi connectivity index (χ0) is 19.7. The number of rotatable bonds is 3. The van der Waals surface area contributed by atoms with Crippen LogP contribution in [-0.4, -0.2) is 27.6 Å². The molecule has 0 unspecified atom stereocenters. The van der Waals surface area contributed by atoms with Gasteiger partial charge < -0.3 is 10.6 Å². The van der Waals surface area contributed by atoms with Gasteiger partial charge in [-0.2, -0.15) is 5.10 Å². The molecule has 4 aromatic rings. The molecule has 0 saturated heterocycles. The number of hydrogen-bond donors (Lipinski definition) is 1. The van der Waals surface area contributed by atoms with E-state index in [0.717, 1.165) is 16.6 Å². The van der Waals surface area contributed by atoms with Crippen LogP contribution in [0.25, 0.3) is 21.5 Å². The second-order valence-electron chi connectivity index (χ2n) is 6.27. The minimum atomic E-state index is -0.152. The summed E-state index contributed by atoms with van der Waals surface area (Å²) < 4.78 is 1.72. The molecule has 1 amide bonds. The molecule has 7 nitrogen and oxygen atoms in total. The van der Waals surface area contributed by atoms with Crippen LogP contribution in [0.1, 0.15) is 10.4 Å². The van der Waals surface area contributed by atoms with Gasteiger partial charge in [-0.25, -0.2) is 14.3 Å². The summed E-state index contributed by atoms with van der Waals surface area (Å²) in [7, 11) is 1.71. The van der Waals surface area contributed by atoms with Gasteiger partial charge in [0.05, 0.1) is 18.3 Å². The van der Waals surface area contributed by atoms with Crippen molar-refractivity contribution >= 4 is 28.6 Å². The zero-order valence-corrected chi connectivity index (χ0v) is 15.1. The molecular formula is C21H16N6O. The average molecular weight is 368 g/mol. The standard InChI is InChI=1S/C21H16N6O/c1-23-16-4-6-17(7-5-16)26(2)21(28)14-9-10-27-19(11-14)18(13-25-27)15-3-8-20(22)24-12-15/h3-13H,2H3,(H2,22,24). The minimum Gasteiger partial charge on any atom is -0.384 e. The highest BCUT2D eigenvalue weighted by atomic mass is 16.2. The van der Waals surface area contributed by atoms with Gasteiger partial charge in [-0.1, -0.05) is 12.1 Å². The molecule has 0 saturated carbocycles. The van der Waals surface area contributed by atoms with E-state index in [9.17, 15) is 4.79 Å². The van der Waals surface area contributed by atoms with Gasteiger partial charge in [0.15, 0.2) is 5.69 Å². The number of aromatic nitrogens is 3. The summed E-state index contributed by atoms with van der Waals surface area (Å²) in [5.74, 6) is 0.294. The lowest BCUT2D eigenvalue weighted by Gasteiger charge is -2.17. The largest absolute Gasteiger partial charge is 0.384 e. The first-order valence-corrected chi connectivity index (χ1v) is 8.52. The molecule has 1 aromatic carbocycles. The van der Waals surface area contributed by atoms with Crippen LogP contribution < -0.4 is 10.6 Å². The lowest BCUT2D eigenvalue weighted by Crippen LogP contribution is -2.26. The fourth-order valence-corrected chi connectivity index (χ4v) is 2.96. The number of fused-ring (bicyclic) bond motifs is 1. The van der Waals surface area contributed by atoms with E-state index in [-0.39, 0.29) is 5.91 Å². The monoisotopic (exact) mass is 368 g/mol. The maximum atomic E-state index is 13.0.